The van der Waals surface area contributed by atoms with Crippen molar-refractivity contribution < 1.29 is 9.90 Å². The first-order chi connectivity index (χ1) is 7.09. The lowest BCUT2D eigenvalue weighted by Gasteiger charge is -2.31. The van der Waals surface area contributed by atoms with E-state index in [1.165, 1.54) is 4.88 Å². The monoisotopic (exact) mass is 288 g/mol. The van der Waals surface area contributed by atoms with Gasteiger partial charge in [-0.25, -0.2) is 0 Å². The second-order valence-corrected chi connectivity index (χ2v) is 5.99. The van der Waals surface area contributed by atoms with Crippen molar-refractivity contribution in [3.8, 4) is 0 Å². The average Bonchev–Trinajstić information content (AvgIpc) is 2.58. The fraction of sp³-hybridized carbons (Fsp3) is 0.545. The van der Waals surface area contributed by atoms with Crippen LogP contribution in [0.4, 0.5) is 0 Å². The topological polar surface area (TPSA) is 37.3 Å². The van der Waals surface area contributed by atoms with Crippen LogP contribution < -0.4 is 0 Å². The molecule has 4 heteroatoms. The lowest BCUT2D eigenvalue weighted by molar-refractivity contribution is -0.125. The number of halogens is 1. The lowest BCUT2D eigenvalue weighted by Crippen LogP contribution is -2.36. The van der Waals surface area contributed by atoms with Crippen LogP contribution in [0, 0.1) is 0 Å². The Bertz CT molecular complexity index is 362. The van der Waals surface area contributed by atoms with Crippen LogP contribution in [0.15, 0.2) is 15.9 Å². The Kier molecular flexibility index (Phi) is 3.28. The van der Waals surface area contributed by atoms with E-state index in [4.69, 9.17) is 0 Å². The fourth-order valence-corrected chi connectivity index (χ4v) is 3.55. The van der Waals surface area contributed by atoms with Crippen molar-refractivity contribution in [1.29, 1.82) is 0 Å². The number of Topliss-reactive ketones (excluding diaryl/α,β-unsaturated/α-hetero) is 1. The minimum absolute atomic E-state index is 0.282. The minimum atomic E-state index is -0.665. The molecule has 0 spiro atoms. The van der Waals surface area contributed by atoms with Crippen LogP contribution in [-0.2, 0) is 11.2 Å². The zero-order valence-corrected chi connectivity index (χ0v) is 10.7. The molecule has 0 unspecified atom stereocenters. The molecule has 2 nitrogen and oxygen atoms in total. The quantitative estimate of drug-likeness (QED) is 0.909. The van der Waals surface area contributed by atoms with E-state index in [0.29, 0.717) is 32.1 Å². The molecule has 0 radical (unpaired) electrons. The van der Waals surface area contributed by atoms with Crippen molar-refractivity contribution in [2.45, 2.75) is 37.7 Å². The maximum atomic E-state index is 11.1. The van der Waals surface area contributed by atoms with Gasteiger partial charge in [0.05, 0.1) is 5.60 Å². The first-order valence-electron chi connectivity index (χ1n) is 5.05. The van der Waals surface area contributed by atoms with Gasteiger partial charge < -0.3 is 5.11 Å². The third-order valence-corrected chi connectivity index (χ3v) is 4.85. The number of hydrogen-bond acceptors (Lipinski definition) is 3. The van der Waals surface area contributed by atoms with E-state index in [0.717, 1.165) is 4.47 Å². The van der Waals surface area contributed by atoms with Crippen molar-refractivity contribution in [1.82, 2.24) is 0 Å². The number of carbonyl (C=O) groups excluding carboxylic acids is 1. The molecule has 1 aliphatic carbocycles. The van der Waals surface area contributed by atoms with Crippen LogP contribution in [0.3, 0.4) is 0 Å². The summed E-state index contributed by atoms with van der Waals surface area (Å²) in [4.78, 5) is 12.3. The third kappa shape index (κ3) is 2.68. The van der Waals surface area contributed by atoms with Crippen molar-refractivity contribution in [2.75, 3.05) is 0 Å². The molecule has 1 aromatic rings. The zero-order valence-electron chi connectivity index (χ0n) is 8.33. The Balaban J connectivity index is 2.05. The molecule has 0 aromatic carbocycles. The molecule has 1 saturated carbocycles. The molecule has 1 N–H and O–H groups in total. The number of hydrogen-bond donors (Lipinski definition) is 1. The highest BCUT2D eigenvalue weighted by Gasteiger charge is 2.33. The predicted octanol–water partition coefficient (Wildman–Crippen LogP) is 2.93. The Hall–Kier alpha value is -0.190. The van der Waals surface area contributed by atoms with E-state index in [9.17, 15) is 9.90 Å². The summed E-state index contributed by atoms with van der Waals surface area (Å²) in [6, 6.07) is 2.00. The smallest absolute Gasteiger partial charge is 0.133 e. The van der Waals surface area contributed by atoms with E-state index in [1.807, 2.05) is 11.4 Å². The molecule has 1 aliphatic rings. The summed E-state index contributed by atoms with van der Waals surface area (Å²) in [5.74, 6) is 0.282. The Labute approximate surface area is 101 Å². The van der Waals surface area contributed by atoms with Gasteiger partial charge in [0.1, 0.15) is 5.78 Å². The molecule has 0 saturated heterocycles. The van der Waals surface area contributed by atoms with Crippen molar-refractivity contribution in [2.24, 2.45) is 0 Å². The average molecular weight is 289 g/mol. The molecule has 1 aromatic heterocycles. The van der Waals surface area contributed by atoms with E-state index < -0.39 is 5.60 Å². The number of aliphatic hydroxyl groups is 1. The molecule has 0 atom stereocenters. The molecule has 1 heterocycles. The largest absolute Gasteiger partial charge is 0.389 e. The maximum absolute atomic E-state index is 11.1. The Morgan fingerprint density at radius 2 is 2.13 bits per heavy atom. The molecule has 0 bridgehead atoms. The summed E-state index contributed by atoms with van der Waals surface area (Å²) >= 11 is 5.11. The van der Waals surface area contributed by atoms with Crippen LogP contribution in [0.1, 0.15) is 30.6 Å². The van der Waals surface area contributed by atoms with Gasteiger partial charge >= 0.3 is 0 Å². The predicted molar refractivity (Wildman–Crippen MR) is 64.1 cm³/mol. The van der Waals surface area contributed by atoms with Crippen LogP contribution in [0.5, 0.6) is 0 Å². The summed E-state index contributed by atoms with van der Waals surface area (Å²) in [5, 5.41) is 12.3. The molecule has 0 amide bonds. The summed E-state index contributed by atoms with van der Waals surface area (Å²) in [6.45, 7) is 0. The van der Waals surface area contributed by atoms with Gasteiger partial charge in [0.2, 0.25) is 0 Å². The molecule has 82 valence electrons. The van der Waals surface area contributed by atoms with Crippen LogP contribution in [0.2, 0.25) is 0 Å². The van der Waals surface area contributed by atoms with Crippen molar-refractivity contribution in [3.63, 3.8) is 0 Å². The molecule has 0 aliphatic heterocycles. The van der Waals surface area contributed by atoms with E-state index in [-0.39, 0.29) is 5.78 Å². The lowest BCUT2D eigenvalue weighted by atomic mass is 9.81. The molecule has 1 fully saturated rings. The Morgan fingerprint density at radius 3 is 2.67 bits per heavy atom. The van der Waals surface area contributed by atoms with Gasteiger partial charge in [-0.2, -0.15) is 0 Å². The van der Waals surface area contributed by atoms with E-state index >= 15 is 0 Å². The maximum Gasteiger partial charge on any atom is 0.133 e. The van der Waals surface area contributed by atoms with Crippen molar-refractivity contribution in [3.05, 3.63) is 20.8 Å². The van der Waals surface area contributed by atoms with E-state index in [1.54, 1.807) is 11.3 Å². The Morgan fingerprint density at radius 1 is 1.47 bits per heavy atom. The first-order valence-corrected chi connectivity index (χ1v) is 6.72. The second kappa shape index (κ2) is 4.36. The third-order valence-electron chi connectivity index (χ3n) is 2.92. The normalized spacial score (nSPS) is 20.5. The van der Waals surface area contributed by atoms with Crippen LogP contribution in [0.25, 0.3) is 0 Å². The number of ketones is 1. The first kappa shape index (κ1) is 11.3. The second-order valence-electron chi connectivity index (χ2n) is 4.13. The number of thiophene rings is 1. The molecule has 2 rings (SSSR count). The summed E-state index contributed by atoms with van der Waals surface area (Å²) in [5.41, 5.74) is -0.665. The minimum Gasteiger partial charge on any atom is -0.389 e. The van der Waals surface area contributed by atoms with Crippen molar-refractivity contribution >= 4 is 33.0 Å². The number of rotatable bonds is 2. The molecule has 15 heavy (non-hydrogen) atoms. The summed E-state index contributed by atoms with van der Waals surface area (Å²) in [7, 11) is 0. The number of carbonyl (C=O) groups is 1. The standard InChI is InChI=1S/C11H13BrO2S/c12-9-3-6-15-10(9)7-11(14)4-1-8(13)2-5-11/h3,6,14H,1-2,4-5,7H2. The van der Waals surface area contributed by atoms with Crippen LogP contribution in [-0.4, -0.2) is 16.5 Å². The van der Waals surface area contributed by atoms with Gasteiger partial charge in [0.25, 0.3) is 0 Å². The van der Waals surface area contributed by atoms with Gasteiger partial charge in [0, 0.05) is 28.6 Å². The van der Waals surface area contributed by atoms with Crippen LogP contribution >= 0.6 is 27.3 Å². The van der Waals surface area contributed by atoms with Gasteiger partial charge in [-0.15, -0.1) is 11.3 Å². The van der Waals surface area contributed by atoms with Gasteiger partial charge in [-0.3, -0.25) is 4.79 Å². The van der Waals surface area contributed by atoms with Gasteiger partial charge in [0.15, 0.2) is 0 Å². The zero-order chi connectivity index (χ0) is 10.9. The fourth-order valence-electron chi connectivity index (χ4n) is 1.92. The van der Waals surface area contributed by atoms with Gasteiger partial charge in [-0.1, -0.05) is 0 Å². The summed E-state index contributed by atoms with van der Waals surface area (Å²) in [6.07, 6.45) is 2.93. The summed E-state index contributed by atoms with van der Waals surface area (Å²) < 4.78 is 1.07. The highest BCUT2D eigenvalue weighted by molar-refractivity contribution is 9.10. The highest BCUT2D eigenvalue weighted by atomic mass is 79.9. The SMILES string of the molecule is O=C1CCC(O)(Cc2sccc2Br)CC1. The van der Waals surface area contributed by atoms with Gasteiger partial charge in [-0.05, 0) is 40.2 Å². The highest BCUT2D eigenvalue weighted by Crippen LogP contribution is 2.34. The molecular weight excluding hydrogens is 276 g/mol. The van der Waals surface area contributed by atoms with E-state index in [2.05, 4.69) is 15.9 Å². The molecular formula is C11H13BrO2S.